The van der Waals surface area contributed by atoms with Crippen LogP contribution in [0.3, 0.4) is 0 Å². The van der Waals surface area contributed by atoms with Crippen LogP contribution in [0.25, 0.3) is 0 Å². The number of aromatic nitrogens is 1. The lowest BCUT2D eigenvalue weighted by Crippen LogP contribution is -2.30. The van der Waals surface area contributed by atoms with Gasteiger partial charge < -0.3 is 4.57 Å². The number of hydrogen-bond donors (Lipinski definition) is 0. The minimum atomic E-state index is -3.63. The van der Waals surface area contributed by atoms with Crippen molar-refractivity contribution >= 4 is 31.7 Å². The molecule has 0 saturated carbocycles. The Balaban J connectivity index is 1.88. The van der Waals surface area contributed by atoms with Crippen LogP contribution in [-0.4, -0.2) is 36.2 Å². The zero-order valence-electron chi connectivity index (χ0n) is 13.4. The summed E-state index contributed by atoms with van der Waals surface area (Å²) in [6.07, 6.45) is 2.93. The number of hydrogen-bond acceptors (Lipinski definition) is 4. The first-order valence-electron chi connectivity index (χ1n) is 7.87. The first-order chi connectivity index (χ1) is 11.9. The summed E-state index contributed by atoms with van der Waals surface area (Å²) in [5.41, 5.74) is 0.0498. The zero-order chi connectivity index (χ0) is 18.0. The lowest BCUT2D eigenvalue weighted by Gasteiger charge is -2.16. The molecule has 1 aromatic heterocycles. The third kappa shape index (κ3) is 3.91. The Morgan fingerprint density at radius 3 is 2.32 bits per heavy atom. The Kier molecular flexibility index (Phi) is 5.21. The van der Waals surface area contributed by atoms with Crippen molar-refractivity contribution in [3.63, 3.8) is 0 Å². The molecule has 6 nitrogen and oxygen atoms in total. The van der Waals surface area contributed by atoms with E-state index < -0.39 is 15.6 Å². The minimum absolute atomic E-state index is 0.0395. The molecular weight excluding hydrogens is 408 g/mol. The Labute approximate surface area is 154 Å². The molecule has 0 N–H and O–H groups in total. The molecule has 0 spiro atoms. The fraction of sp³-hybridized carbons (Fsp3) is 0.294. The van der Waals surface area contributed by atoms with Crippen LogP contribution in [0.2, 0.25) is 0 Å². The monoisotopic (exact) mass is 424 g/mol. The van der Waals surface area contributed by atoms with Gasteiger partial charge in [-0.15, -0.1) is 0 Å². The maximum absolute atomic E-state index is 12.6. The second kappa shape index (κ2) is 7.23. The van der Waals surface area contributed by atoms with E-state index in [0.717, 1.165) is 21.9 Å². The predicted octanol–water partition coefficient (Wildman–Crippen LogP) is 2.28. The van der Waals surface area contributed by atoms with E-state index in [1.165, 1.54) is 22.6 Å². The van der Waals surface area contributed by atoms with E-state index in [1.54, 1.807) is 24.3 Å². The van der Waals surface area contributed by atoms with Crippen molar-refractivity contribution in [3.05, 3.63) is 63.0 Å². The Morgan fingerprint density at radius 1 is 1.04 bits per heavy atom. The Bertz CT molecular complexity index is 945. The van der Waals surface area contributed by atoms with Gasteiger partial charge in [-0.1, -0.05) is 28.1 Å². The summed E-state index contributed by atoms with van der Waals surface area (Å²) in [6, 6.07) is 9.29. The number of Topliss-reactive ketones (excluding diaryl/α,β-unsaturated/α-hetero) is 1. The molecule has 1 fully saturated rings. The van der Waals surface area contributed by atoms with Crippen LogP contribution in [0.5, 0.6) is 0 Å². The molecule has 1 saturated heterocycles. The summed E-state index contributed by atoms with van der Waals surface area (Å²) in [4.78, 5) is 24.4. The summed E-state index contributed by atoms with van der Waals surface area (Å²) in [7, 11) is -3.63. The van der Waals surface area contributed by atoms with E-state index in [4.69, 9.17) is 0 Å². The van der Waals surface area contributed by atoms with Gasteiger partial charge in [0.25, 0.3) is 5.56 Å². The number of carbonyl (C=O) groups is 1. The maximum Gasteiger partial charge on any atom is 0.251 e. The Hall–Kier alpha value is -1.77. The highest BCUT2D eigenvalue weighted by atomic mass is 79.9. The van der Waals surface area contributed by atoms with Gasteiger partial charge >= 0.3 is 0 Å². The molecule has 1 aromatic carbocycles. The van der Waals surface area contributed by atoms with Gasteiger partial charge in [0.15, 0.2) is 5.78 Å². The van der Waals surface area contributed by atoms with Crippen LogP contribution >= 0.6 is 15.9 Å². The summed E-state index contributed by atoms with van der Waals surface area (Å²) in [5.74, 6) is -0.259. The molecular formula is C17H17BrN2O4S. The smallest absolute Gasteiger partial charge is 0.251 e. The van der Waals surface area contributed by atoms with Crippen molar-refractivity contribution < 1.29 is 13.2 Å². The first kappa shape index (κ1) is 18.0. The third-order valence-electron chi connectivity index (χ3n) is 4.14. The van der Waals surface area contributed by atoms with Crippen molar-refractivity contribution in [3.8, 4) is 0 Å². The number of pyridine rings is 1. The van der Waals surface area contributed by atoms with E-state index in [1.807, 2.05) is 0 Å². The molecule has 0 atom stereocenters. The molecule has 2 heterocycles. The van der Waals surface area contributed by atoms with Gasteiger partial charge in [0.05, 0.1) is 11.4 Å². The topological polar surface area (TPSA) is 76.5 Å². The first-order valence-corrected chi connectivity index (χ1v) is 10.1. The number of halogens is 1. The normalized spacial score (nSPS) is 15.4. The van der Waals surface area contributed by atoms with E-state index in [2.05, 4.69) is 15.9 Å². The summed E-state index contributed by atoms with van der Waals surface area (Å²) in [6.45, 7) is 0.766. The summed E-state index contributed by atoms with van der Waals surface area (Å²) >= 11 is 3.30. The van der Waals surface area contributed by atoms with Gasteiger partial charge in [0.1, 0.15) is 0 Å². The number of benzene rings is 1. The third-order valence-corrected chi connectivity index (χ3v) is 6.55. The molecule has 0 aliphatic carbocycles. The number of carbonyl (C=O) groups excluding carboxylic acids is 1. The van der Waals surface area contributed by atoms with Crippen LogP contribution in [0.1, 0.15) is 23.2 Å². The van der Waals surface area contributed by atoms with Crippen LogP contribution in [0, 0.1) is 0 Å². The van der Waals surface area contributed by atoms with Gasteiger partial charge in [-0.2, -0.15) is 4.31 Å². The standard InChI is InChI=1S/C17H17BrN2O4S/c18-14-5-3-13(4-6-14)16(21)12-19-11-15(7-8-17(19)22)25(23,24)20-9-1-2-10-20/h3-8,11H,1-2,9-10,12H2. The molecule has 132 valence electrons. The van der Waals surface area contributed by atoms with Crippen molar-refractivity contribution in [2.45, 2.75) is 24.3 Å². The van der Waals surface area contributed by atoms with Crippen LogP contribution in [0.15, 0.2) is 56.8 Å². The molecule has 25 heavy (non-hydrogen) atoms. The predicted molar refractivity (Wildman–Crippen MR) is 97.2 cm³/mol. The average Bonchev–Trinajstić information content (AvgIpc) is 3.12. The minimum Gasteiger partial charge on any atom is -0.306 e. The summed E-state index contributed by atoms with van der Waals surface area (Å²) < 4.78 is 28.6. The highest BCUT2D eigenvalue weighted by molar-refractivity contribution is 9.10. The molecule has 8 heteroatoms. The lowest BCUT2D eigenvalue weighted by molar-refractivity contribution is 0.0970. The molecule has 3 rings (SSSR count). The number of rotatable bonds is 5. The Morgan fingerprint density at radius 2 is 1.68 bits per heavy atom. The molecule has 0 radical (unpaired) electrons. The fourth-order valence-electron chi connectivity index (χ4n) is 2.74. The number of sulfonamides is 1. The van der Waals surface area contributed by atoms with Gasteiger partial charge in [0, 0.05) is 35.4 Å². The van der Waals surface area contributed by atoms with Gasteiger partial charge in [-0.05, 0) is 31.0 Å². The van der Waals surface area contributed by atoms with Crippen LogP contribution in [0.4, 0.5) is 0 Å². The van der Waals surface area contributed by atoms with Crippen molar-refractivity contribution in [1.29, 1.82) is 0 Å². The maximum atomic E-state index is 12.6. The summed E-state index contributed by atoms with van der Waals surface area (Å²) in [5, 5.41) is 0. The molecule has 1 aliphatic heterocycles. The highest BCUT2D eigenvalue weighted by Crippen LogP contribution is 2.20. The van der Waals surface area contributed by atoms with Crippen LogP contribution in [-0.2, 0) is 16.6 Å². The van der Waals surface area contributed by atoms with Gasteiger partial charge in [-0.25, -0.2) is 8.42 Å². The van der Waals surface area contributed by atoms with Gasteiger partial charge in [0.2, 0.25) is 10.0 Å². The number of ketones is 1. The van der Waals surface area contributed by atoms with E-state index >= 15 is 0 Å². The molecule has 2 aromatic rings. The SMILES string of the molecule is O=C(Cn1cc(S(=O)(=O)N2CCCC2)ccc1=O)c1ccc(Br)cc1. The highest BCUT2D eigenvalue weighted by Gasteiger charge is 2.27. The second-order valence-corrected chi connectivity index (χ2v) is 8.73. The fourth-order valence-corrected chi connectivity index (χ4v) is 4.55. The molecule has 0 bridgehead atoms. The molecule has 1 aliphatic rings. The molecule has 0 unspecified atom stereocenters. The average molecular weight is 425 g/mol. The van der Waals surface area contributed by atoms with E-state index in [0.29, 0.717) is 18.7 Å². The lowest BCUT2D eigenvalue weighted by atomic mass is 10.1. The van der Waals surface area contributed by atoms with Crippen molar-refractivity contribution in [2.24, 2.45) is 0 Å². The van der Waals surface area contributed by atoms with Gasteiger partial charge in [-0.3, -0.25) is 9.59 Å². The second-order valence-electron chi connectivity index (χ2n) is 5.87. The zero-order valence-corrected chi connectivity index (χ0v) is 15.8. The largest absolute Gasteiger partial charge is 0.306 e. The quantitative estimate of drug-likeness (QED) is 0.689. The van der Waals surface area contributed by atoms with E-state index in [-0.39, 0.29) is 17.2 Å². The van der Waals surface area contributed by atoms with E-state index in [9.17, 15) is 18.0 Å². The van der Waals surface area contributed by atoms with Crippen LogP contribution < -0.4 is 5.56 Å². The number of nitrogens with zero attached hydrogens (tertiary/aromatic N) is 2. The van der Waals surface area contributed by atoms with Crippen molar-refractivity contribution in [2.75, 3.05) is 13.1 Å². The van der Waals surface area contributed by atoms with Crippen molar-refractivity contribution in [1.82, 2.24) is 8.87 Å². The molecule has 0 amide bonds.